The van der Waals surface area contributed by atoms with Gasteiger partial charge < -0.3 is 109 Å². The molecule has 1 heterocycles. The minimum absolute atomic E-state index is 0.00382. The zero-order valence-corrected chi connectivity index (χ0v) is 76.7. The lowest BCUT2D eigenvalue weighted by Gasteiger charge is -2.27. The van der Waals surface area contributed by atoms with Crippen LogP contribution in [0.25, 0.3) is 11.1 Å². The van der Waals surface area contributed by atoms with E-state index < -0.39 is 175 Å². The third-order valence-corrected chi connectivity index (χ3v) is 22.5. The number of carboxylic acids is 1. The average molecular weight is 1860 g/mol. The van der Waals surface area contributed by atoms with Crippen molar-refractivity contribution in [1.29, 1.82) is 32.5 Å². The van der Waals surface area contributed by atoms with Crippen molar-refractivity contribution in [1.82, 2.24) is 73.5 Å². The summed E-state index contributed by atoms with van der Waals surface area (Å²) in [6, 6.07) is 32.7. The number of hydrogen-bond donors (Lipinski definition) is 26. The number of ketones is 6. The molecule has 5 rings (SSSR count). The highest BCUT2D eigenvalue weighted by atomic mass is 16.4. The molecule has 0 saturated carbocycles. The molecule has 0 aliphatic rings. The second-order valence-corrected chi connectivity index (χ2v) is 33.3. The highest BCUT2D eigenvalue weighted by Crippen LogP contribution is 2.37. The van der Waals surface area contributed by atoms with Crippen LogP contribution < -0.4 is 104 Å². The maximum Gasteiger partial charge on any atom is 0.303 e. The second kappa shape index (κ2) is 61.7. The van der Waals surface area contributed by atoms with Crippen LogP contribution in [-0.2, 0) is 70.5 Å². The Morgan fingerprint density at radius 2 is 0.664 bits per heavy atom. The molecule has 34 N–H and O–H groups in total. The number of aryl methyl sites for hydroxylation is 1. The van der Waals surface area contributed by atoms with Crippen LogP contribution in [0.5, 0.6) is 0 Å². The second-order valence-electron chi connectivity index (χ2n) is 33.3. The summed E-state index contributed by atoms with van der Waals surface area (Å²) < 4.78 is 1.69. The van der Waals surface area contributed by atoms with Crippen molar-refractivity contribution in [2.24, 2.45) is 69.5 Å². The van der Waals surface area contributed by atoms with Gasteiger partial charge in [-0.1, -0.05) is 127 Å². The number of amides is 5. The van der Waals surface area contributed by atoms with Gasteiger partial charge in [0.25, 0.3) is 0 Å². The number of benzene rings is 4. The number of aliphatic carboxylic acids is 1. The molecule has 41 heteroatoms. The van der Waals surface area contributed by atoms with Gasteiger partial charge in [-0.3, -0.25) is 90.0 Å². The van der Waals surface area contributed by atoms with Gasteiger partial charge in [-0.15, -0.1) is 5.10 Å². The van der Waals surface area contributed by atoms with E-state index in [1.54, 1.807) is 10.9 Å². The monoisotopic (exact) mass is 1860 g/mol. The first-order valence-corrected chi connectivity index (χ1v) is 45.8. The Bertz CT molecular complexity index is 4670. The topological polar surface area (TPSA) is 739 Å². The van der Waals surface area contributed by atoms with Crippen LogP contribution >= 0.6 is 0 Å². The van der Waals surface area contributed by atoms with E-state index in [1.807, 2.05) is 54.6 Å². The van der Waals surface area contributed by atoms with Crippen LogP contribution in [0.15, 0.2) is 121 Å². The standard InChI is InChI=1S/C93H140N28O13/c1-59(122)71(31-17-49-110-90(100)101)115-84(131)66(28-15-47-108-88(96)97)54-78(126)74(33-19-51-112-92(104)105)118-87(134)68(39-44-81(129)130)56-79(127)75(34-20-52-113-93(106)107)117-86(133)67(29-16-48-109-89(98)99)55-77(125)73(30-12-14-46-95)116-85(132)65(27-11-13-45-94)53-76(124)72(32-18-50-111-91(102)103)114-80(128)43-42-70(123)41-40-69-58-121(120-119-69)57-60-35-37-64(38-36-60)83(63-25-9-4-10-26-63)82(61-21-5-2-6-22-61)62-23-7-3-8-24-62/h2-10,21-26,35-38,58,65-68,71-75H,11-20,27-34,39-57,94-95H2,1H3,(H,114,128)(H,115,131)(H,116,132)(H,117,133)(H,118,134)(H,129,130)(H4,96,97,108)(H4,98,99,109)(H4,100,101,110)(H4,102,103,111)(H4,104,105,112)(H4,106,107,113)/t65?,66-,67-,68-,71+,72?,73?,74?,75+/m1/s1. The SMILES string of the molecule is CC(=O)[C@H](CCCNC(=N)N)NC(=O)[C@H](CCCNC(=N)N)CC(=O)C(CCCNC(=N)N)NC(=O)[C@H](CCC(=O)O)CC(=O)[C@H](CCCNC(=N)N)NC(=O)[C@H](CCCNC(=N)N)CC(=O)C(CCCCN)NC(=O)C(CCCCN)CC(=O)C(CCCNC(=N)N)NC(=O)CCC(=O)CCc1cn(Cc2ccc(C(=C(c3ccccc3)c3ccccc3)c3ccccc3)cc2)nn1. The van der Waals surface area contributed by atoms with E-state index in [1.165, 1.54) is 6.92 Å². The summed E-state index contributed by atoms with van der Waals surface area (Å²) >= 11 is 0. The Morgan fingerprint density at radius 1 is 0.358 bits per heavy atom. The van der Waals surface area contributed by atoms with E-state index in [0.717, 1.165) is 39.0 Å². The molecule has 0 radical (unpaired) electrons. The van der Waals surface area contributed by atoms with Gasteiger partial charge in [0.15, 0.2) is 64.7 Å². The molecule has 0 bridgehead atoms. The minimum Gasteiger partial charge on any atom is -0.481 e. The van der Waals surface area contributed by atoms with Gasteiger partial charge in [-0.2, -0.15) is 0 Å². The number of Topliss-reactive ketones (excluding diaryl/α,β-unsaturated/α-hetero) is 6. The molecule has 0 aliphatic carbocycles. The number of rotatable bonds is 69. The first kappa shape index (κ1) is 111. The molecule has 134 heavy (non-hydrogen) atoms. The number of carboxylic acid groups (broad SMARTS) is 1. The van der Waals surface area contributed by atoms with Crippen molar-refractivity contribution in [3.8, 4) is 0 Å². The fraction of sp³-hybridized carbons (Fsp3) is 0.505. The van der Waals surface area contributed by atoms with Gasteiger partial charge in [0.1, 0.15) is 5.78 Å². The summed E-state index contributed by atoms with van der Waals surface area (Å²) in [5.74, 6) is -15.8. The van der Waals surface area contributed by atoms with Crippen LogP contribution in [0.2, 0.25) is 0 Å². The van der Waals surface area contributed by atoms with Crippen LogP contribution in [-0.4, -0.2) is 209 Å². The number of nitrogens with zero attached hydrogens (tertiary/aromatic N) is 3. The van der Waals surface area contributed by atoms with Gasteiger partial charge >= 0.3 is 5.97 Å². The molecule has 5 aromatic rings. The number of guanidine groups is 6. The van der Waals surface area contributed by atoms with Gasteiger partial charge in [0.05, 0.1) is 42.4 Å². The molecule has 0 fully saturated rings. The quantitative estimate of drug-likeness (QED) is 0.0115. The summed E-state index contributed by atoms with van der Waals surface area (Å²) in [6.45, 7) is 2.60. The predicted molar refractivity (Wildman–Crippen MR) is 513 cm³/mol. The third kappa shape index (κ3) is 43.9. The van der Waals surface area contributed by atoms with Gasteiger partial charge in [-0.05, 0) is 181 Å². The highest BCUT2D eigenvalue weighted by molar-refractivity contribution is 6.05. The van der Waals surface area contributed by atoms with E-state index in [9.17, 15) is 48.3 Å². The summed E-state index contributed by atoms with van der Waals surface area (Å²) in [4.78, 5) is 171. The van der Waals surface area contributed by atoms with Crippen molar-refractivity contribution in [2.45, 2.75) is 223 Å². The molecule has 4 unspecified atom stereocenters. The number of carbonyl (C=O) groups is 12. The Morgan fingerprint density at radius 3 is 1.01 bits per heavy atom. The molecular formula is C93H140N28O13. The van der Waals surface area contributed by atoms with Crippen molar-refractivity contribution in [3.63, 3.8) is 0 Å². The van der Waals surface area contributed by atoms with Gasteiger partial charge in [0, 0.05) is 121 Å². The lowest BCUT2D eigenvalue weighted by atomic mass is 9.85. The molecule has 4 aromatic carbocycles. The molecule has 0 saturated heterocycles. The Labute approximate surface area is 782 Å². The van der Waals surface area contributed by atoms with Gasteiger partial charge in [-0.25, -0.2) is 4.68 Å². The molecule has 0 aliphatic heterocycles. The average Bonchev–Trinajstić information content (AvgIpc) is 1.48. The lowest BCUT2D eigenvalue weighted by molar-refractivity contribution is -0.139. The highest BCUT2D eigenvalue weighted by Gasteiger charge is 2.37. The smallest absolute Gasteiger partial charge is 0.303 e. The summed E-state index contributed by atoms with van der Waals surface area (Å²) in [5, 5.41) is 94.5. The zero-order chi connectivity index (χ0) is 98.3. The molecular weight excluding hydrogens is 1720 g/mol. The van der Waals surface area contributed by atoms with Crippen LogP contribution in [0, 0.1) is 56.1 Å². The van der Waals surface area contributed by atoms with Crippen molar-refractivity contribution >= 4 is 117 Å². The van der Waals surface area contributed by atoms with Crippen molar-refractivity contribution < 1.29 is 62.6 Å². The molecule has 41 nitrogen and oxygen atoms in total. The Balaban J connectivity index is 1.35. The maximum absolute atomic E-state index is 15.1. The van der Waals surface area contributed by atoms with Crippen LogP contribution in [0.3, 0.4) is 0 Å². The van der Waals surface area contributed by atoms with Crippen molar-refractivity contribution in [3.05, 3.63) is 155 Å². The maximum atomic E-state index is 15.1. The third-order valence-electron chi connectivity index (χ3n) is 22.5. The fourth-order valence-corrected chi connectivity index (χ4v) is 15.4. The number of hydrogen-bond acceptors (Lipinski definition) is 22. The summed E-state index contributed by atoms with van der Waals surface area (Å²) in [6.07, 6.45) is 0.483. The lowest BCUT2D eigenvalue weighted by Crippen LogP contribution is -2.49. The van der Waals surface area contributed by atoms with E-state index in [-0.39, 0.29) is 185 Å². The molecule has 730 valence electrons. The van der Waals surface area contributed by atoms with E-state index >= 15 is 14.4 Å². The number of nitrogens with two attached hydrogens (primary N) is 8. The fourth-order valence-electron chi connectivity index (χ4n) is 15.4. The first-order valence-electron chi connectivity index (χ1n) is 45.8. The normalized spacial score (nSPS) is 13.0. The van der Waals surface area contributed by atoms with Crippen molar-refractivity contribution in [2.75, 3.05) is 52.4 Å². The number of unbranched alkanes of at least 4 members (excludes halogenated alkanes) is 2. The zero-order valence-electron chi connectivity index (χ0n) is 76.7. The summed E-state index contributed by atoms with van der Waals surface area (Å²) in [7, 11) is 0. The van der Waals surface area contributed by atoms with E-state index in [2.05, 4.69) is 129 Å². The molecule has 0 spiro atoms. The molecule has 5 amide bonds. The molecule has 1 aromatic heterocycles. The predicted octanol–water partition coefficient (Wildman–Crippen LogP) is 2.63. The minimum atomic E-state index is -1.50. The molecule has 9 atom stereocenters. The first-order chi connectivity index (χ1) is 64.1. The van der Waals surface area contributed by atoms with Crippen LogP contribution in [0.1, 0.15) is 214 Å². The van der Waals surface area contributed by atoms with Crippen LogP contribution in [0.4, 0.5) is 0 Å². The summed E-state index contributed by atoms with van der Waals surface area (Å²) in [5.41, 5.74) is 53.1. The number of nitrogens with one attached hydrogen (secondary N) is 17. The Kier molecular flexibility index (Phi) is 51.0. The number of aromatic nitrogens is 3. The van der Waals surface area contributed by atoms with Gasteiger partial charge in [0.2, 0.25) is 29.5 Å². The van der Waals surface area contributed by atoms with E-state index in [4.69, 9.17) is 78.3 Å². The largest absolute Gasteiger partial charge is 0.481 e. The Hall–Kier alpha value is -13.9. The van der Waals surface area contributed by atoms with E-state index in [0.29, 0.717) is 44.3 Å². The number of carbonyl (C=O) groups excluding carboxylic acids is 11.